The SMILES string of the molecule is COC(=O)C1CCCN1S(=O)(=O)c1cnn(CC(=O)O)c1. The summed E-state index contributed by atoms with van der Waals surface area (Å²) in [6, 6.07) is -0.845. The average Bonchev–Trinajstić information content (AvgIpc) is 3.05. The Kier molecular flexibility index (Phi) is 4.28. The molecule has 9 nitrogen and oxygen atoms in total. The zero-order valence-corrected chi connectivity index (χ0v) is 12.1. The normalized spacial score (nSPS) is 19.6. The van der Waals surface area contributed by atoms with E-state index in [1.54, 1.807) is 0 Å². The quantitative estimate of drug-likeness (QED) is 0.713. The summed E-state index contributed by atoms with van der Waals surface area (Å²) in [5, 5.41) is 12.4. The molecule has 1 aliphatic heterocycles. The highest BCUT2D eigenvalue weighted by Gasteiger charge is 2.40. The molecule has 2 heterocycles. The van der Waals surface area contributed by atoms with Crippen LogP contribution in [0.25, 0.3) is 0 Å². The fourth-order valence-corrected chi connectivity index (χ4v) is 3.84. The van der Waals surface area contributed by atoms with Gasteiger partial charge in [-0.2, -0.15) is 9.40 Å². The second kappa shape index (κ2) is 5.82. The van der Waals surface area contributed by atoms with Crippen LogP contribution in [0.3, 0.4) is 0 Å². The summed E-state index contributed by atoms with van der Waals surface area (Å²) in [6.45, 7) is -0.220. The molecule has 1 unspecified atom stereocenters. The molecule has 0 bridgehead atoms. The minimum atomic E-state index is -3.90. The summed E-state index contributed by atoms with van der Waals surface area (Å²) >= 11 is 0. The summed E-state index contributed by atoms with van der Waals surface area (Å²) in [5.74, 6) is -1.73. The van der Waals surface area contributed by atoms with Gasteiger partial charge in [-0.05, 0) is 12.8 Å². The van der Waals surface area contributed by atoms with Gasteiger partial charge >= 0.3 is 11.9 Å². The zero-order chi connectivity index (χ0) is 15.6. The summed E-state index contributed by atoms with van der Waals surface area (Å²) in [4.78, 5) is 22.1. The van der Waals surface area contributed by atoms with Gasteiger partial charge in [0.1, 0.15) is 17.5 Å². The Hall–Kier alpha value is -1.94. The van der Waals surface area contributed by atoms with Gasteiger partial charge in [0, 0.05) is 12.7 Å². The van der Waals surface area contributed by atoms with E-state index >= 15 is 0 Å². The molecule has 1 atom stereocenters. The number of carbonyl (C=O) groups excluding carboxylic acids is 1. The number of aromatic nitrogens is 2. The van der Waals surface area contributed by atoms with Crippen molar-refractivity contribution in [1.82, 2.24) is 14.1 Å². The number of nitrogens with zero attached hydrogens (tertiary/aromatic N) is 3. The Morgan fingerprint density at radius 1 is 1.52 bits per heavy atom. The Morgan fingerprint density at radius 3 is 2.86 bits per heavy atom. The van der Waals surface area contributed by atoms with Gasteiger partial charge in [0.2, 0.25) is 10.0 Å². The number of hydrogen-bond acceptors (Lipinski definition) is 6. The third kappa shape index (κ3) is 3.05. The maximum absolute atomic E-state index is 12.5. The summed E-state index contributed by atoms with van der Waals surface area (Å²) in [7, 11) is -2.70. The maximum Gasteiger partial charge on any atom is 0.325 e. The highest BCUT2D eigenvalue weighted by Crippen LogP contribution is 2.26. The standard InChI is InChI=1S/C11H15N3O6S/c1-20-11(17)9-3-2-4-14(9)21(18,19)8-5-12-13(6-8)7-10(15)16/h5-6,9H,2-4,7H2,1H3,(H,15,16). The van der Waals surface area contributed by atoms with E-state index in [1.165, 1.54) is 7.11 Å². The van der Waals surface area contributed by atoms with Crippen LogP contribution in [0.5, 0.6) is 0 Å². The monoisotopic (exact) mass is 317 g/mol. The van der Waals surface area contributed by atoms with Crippen molar-refractivity contribution in [1.29, 1.82) is 0 Å². The van der Waals surface area contributed by atoms with E-state index in [9.17, 15) is 18.0 Å². The smallest absolute Gasteiger partial charge is 0.325 e. The molecule has 0 aliphatic carbocycles. The van der Waals surface area contributed by atoms with Gasteiger partial charge in [0.25, 0.3) is 0 Å². The first kappa shape index (κ1) is 15.4. The van der Waals surface area contributed by atoms with Crippen molar-refractivity contribution >= 4 is 22.0 Å². The van der Waals surface area contributed by atoms with E-state index in [1.807, 2.05) is 0 Å². The molecular weight excluding hydrogens is 302 g/mol. The van der Waals surface area contributed by atoms with Gasteiger partial charge in [-0.3, -0.25) is 14.3 Å². The lowest BCUT2D eigenvalue weighted by atomic mass is 10.2. The van der Waals surface area contributed by atoms with Crippen molar-refractivity contribution in [3.05, 3.63) is 12.4 Å². The van der Waals surface area contributed by atoms with Crippen LogP contribution < -0.4 is 0 Å². The van der Waals surface area contributed by atoms with E-state index in [-0.39, 0.29) is 11.4 Å². The van der Waals surface area contributed by atoms with Crippen molar-refractivity contribution in [2.75, 3.05) is 13.7 Å². The highest BCUT2D eigenvalue weighted by atomic mass is 32.2. The van der Waals surface area contributed by atoms with Crippen LogP contribution in [-0.2, 0) is 30.9 Å². The van der Waals surface area contributed by atoms with Gasteiger partial charge in [-0.25, -0.2) is 8.42 Å². The van der Waals surface area contributed by atoms with Crippen LogP contribution in [-0.4, -0.2) is 59.2 Å². The molecule has 1 aromatic heterocycles. The first-order valence-electron chi connectivity index (χ1n) is 6.20. The third-order valence-corrected chi connectivity index (χ3v) is 5.05. The molecule has 2 rings (SSSR count). The number of esters is 1. The van der Waals surface area contributed by atoms with Crippen molar-refractivity contribution in [2.45, 2.75) is 30.3 Å². The molecule has 0 saturated carbocycles. The number of methoxy groups -OCH3 is 1. The number of ether oxygens (including phenoxy) is 1. The summed E-state index contributed by atoms with van der Waals surface area (Å²) in [6.07, 6.45) is 3.17. The van der Waals surface area contributed by atoms with E-state index in [4.69, 9.17) is 5.11 Å². The van der Waals surface area contributed by atoms with Crippen LogP contribution in [0.15, 0.2) is 17.3 Å². The minimum Gasteiger partial charge on any atom is -0.480 e. The van der Waals surface area contributed by atoms with Crippen LogP contribution in [0.1, 0.15) is 12.8 Å². The molecule has 1 saturated heterocycles. The molecule has 1 aliphatic rings. The van der Waals surface area contributed by atoms with E-state index < -0.39 is 34.5 Å². The Morgan fingerprint density at radius 2 is 2.24 bits per heavy atom. The van der Waals surface area contributed by atoms with Crippen molar-refractivity contribution < 1.29 is 27.9 Å². The Bertz CT molecular complexity index is 653. The Labute approximate surface area is 121 Å². The van der Waals surface area contributed by atoms with Gasteiger partial charge in [0.05, 0.1) is 13.3 Å². The number of sulfonamides is 1. The van der Waals surface area contributed by atoms with Gasteiger partial charge in [-0.1, -0.05) is 0 Å². The molecule has 10 heteroatoms. The first-order chi connectivity index (χ1) is 9.86. The van der Waals surface area contributed by atoms with E-state index in [2.05, 4.69) is 9.84 Å². The fourth-order valence-electron chi connectivity index (χ4n) is 2.24. The van der Waals surface area contributed by atoms with E-state index in [0.29, 0.717) is 12.8 Å². The number of rotatable bonds is 5. The largest absolute Gasteiger partial charge is 0.480 e. The van der Waals surface area contributed by atoms with Crippen molar-refractivity contribution in [3.8, 4) is 0 Å². The van der Waals surface area contributed by atoms with Gasteiger partial charge in [-0.15, -0.1) is 0 Å². The molecule has 116 valence electrons. The molecule has 0 spiro atoms. The topological polar surface area (TPSA) is 119 Å². The second-order valence-corrected chi connectivity index (χ2v) is 6.45. The van der Waals surface area contributed by atoms with Gasteiger partial charge < -0.3 is 9.84 Å². The minimum absolute atomic E-state index is 0.139. The summed E-state index contributed by atoms with van der Waals surface area (Å²) in [5.41, 5.74) is 0. The molecule has 1 aromatic rings. The van der Waals surface area contributed by atoms with Crippen LogP contribution in [0.2, 0.25) is 0 Å². The number of carboxylic acid groups (broad SMARTS) is 1. The molecule has 1 fully saturated rings. The average molecular weight is 317 g/mol. The lowest BCUT2D eigenvalue weighted by molar-refractivity contribution is -0.144. The summed E-state index contributed by atoms with van der Waals surface area (Å²) < 4.78 is 31.7. The first-order valence-corrected chi connectivity index (χ1v) is 7.64. The number of aliphatic carboxylic acids is 1. The van der Waals surface area contributed by atoms with Gasteiger partial charge in [0.15, 0.2) is 0 Å². The number of carbonyl (C=O) groups is 2. The number of carboxylic acids is 1. The third-order valence-electron chi connectivity index (χ3n) is 3.19. The fraction of sp³-hybridized carbons (Fsp3) is 0.545. The molecule has 0 aromatic carbocycles. The predicted molar refractivity (Wildman–Crippen MR) is 68.8 cm³/mol. The zero-order valence-electron chi connectivity index (χ0n) is 11.3. The molecular formula is C11H15N3O6S. The molecule has 0 amide bonds. The number of hydrogen-bond donors (Lipinski definition) is 1. The molecule has 0 radical (unpaired) electrons. The van der Waals surface area contributed by atoms with Crippen LogP contribution in [0.4, 0.5) is 0 Å². The predicted octanol–water partition coefficient (Wildman–Crippen LogP) is -0.706. The maximum atomic E-state index is 12.5. The van der Waals surface area contributed by atoms with Crippen LogP contribution >= 0.6 is 0 Å². The van der Waals surface area contributed by atoms with Crippen LogP contribution in [0, 0.1) is 0 Å². The Balaban J connectivity index is 2.26. The van der Waals surface area contributed by atoms with Crippen molar-refractivity contribution in [3.63, 3.8) is 0 Å². The van der Waals surface area contributed by atoms with E-state index in [0.717, 1.165) is 21.4 Å². The second-order valence-electron chi connectivity index (χ2n) is 4.56. The van der Waals surface area contributed by atoms with Crippen molar-refractivity contribution in [2.24, 2.45) is 0 Å². The molecule has 21 heavy (non-hydrogen) atoms. The highest BCUT2D eigenvalue weighted by molar-refractivity contribution is 7.89. The lowest BCUT2D eigenvalue weighted by Gasteiger charge is -2.21. The molecule has 1 N–H and O–H groups in total. The lowest BCUT2D eigenvalue weighted by Crippen LogP contribution is -2.40.